The molecule has 1 saturated carbocycles. The van der Waals surface area contributed by atoms with Gasteiger partial charge in [-0.1, -0.05) is 30.0 Å². The highest BCUT2D eigenvalue weighted by Crippen LogP contribution is 2.34. The third-order valence-electron chi connectivity index (χ3n) is 3.50. The van der Waals surface area contributed by atoms with Crippen LogP contribution >= 0.6 is 0 Å². The summed E-state index contributed by atoms with van der Waals surface area (Å²) in [7, 11) is -3.79. The van der Waals surface area contributed by atoms with Crippen molar-refractivity contribution >= 4 is 10.1 Å². The van der Waals surface area contributed by atoms with E-state index in [1.54, 1.807) is 24.3 Å². The van der Waals surface area contributed by atoms with Crippen molar-refractivity contribution in [3.05, 3.63) is 29.8 Å². The first-order valence-electron chi connectivity index (χ1n) is 6.48. The number of benzene rings is 1. The molecule has 2 rings (SSSR count). The van der Waals surface area contributed by atoms with E-state index in [0.29, 0.717) is 12.8 Å². The quantitative estimate of drug-likeness (QED) is 0.630. The van der Waals surface area contributed by atoms with Gasteiger partial charge in [0.2, 0.25) is 0 Å². The number of terminal acetylenes is 1. The Kier molecular flexibility index (Phi) is 3.98. The Labute approximate surface area is 115 Å². The van der Waals surface area contributed by atoms with Gasteiger partial charge >= 0.3 is 0 Å². The van der Waals surface area contributed by atoms with Crippen LogP contribution in [-0.2, 0) is 14.3 Å². The molecule has 1 fully saturated rings. The molecular formula is C15H18O3S. The topological polar surface area (TPSA) is 43.4 Å². The van der Waals surface area contributed by atoms with Gasteiger partial charge in [-0.25, -0.2) is 4.18 Å². The molecule has 102 valence electrons. The predicted octanol–water partition coefficient (Wildman–Crippen LogP) is 3.04. The molecule has 0 N–H and O–H groups in total. The lowest BCUT2D eigenvalue weighted by Gasteiger charge is -2.31. The van der Waals surface area contributed by atoms with Crippen molar-refractivity contribution in [2.24, 2.45) is 0 Å². The van der Waals surface area contributed by atoms with Crippen LogP contribution in [-0.4, -0.2) is 14.0 Å². The van der Waals surface area contributed by atoms with Gasteiger partial charge in [-0.15, -0.1) is 6.42 Å². The van der Waals surface area contributed by atoms with Gasteiger partial charge in [0, 0.05) is 0 Å². The fraction of sp³-hybridized carbons (Fsp3) is 0.467. The molecule has 0 spiro atoms. The Morgan fingerprint density at radius 2 is 1.74 bits per heavy atom. The normalized spacial score (nSPS) is 18.7. The van der Waals surface area contributed by atoms with Crippen molar-refractivity contribution < 1.29 is 12.6 Å². The minimum atomic E-state index is -3.79. The molecule has 1 aromatic rings. The van der Waals surface area contributed by atoms with E-state index < -0.39 is 15.7 Å². The van der Waals surface area contributed by atoms with Crippen LogP contribution in [0, 0.1) is 19.3 Å². The number of hydrogen-bond acceptors (Lipinski definition) is 3. The highest BCUT2D eigenvalue weighted by Gasteiger charge is 2.36. The summed E-state index contributed by atoms with van der Waals surface area (Å²) in [5, 5.41) is 0. The molecule has 0 radical (unpaired) electrons. The molecule has 4 heteroatoms. The molecule has 19 heavy (non-hydrogen) atoms. The number of hydrogen-bond donors (Lipinski definition) is 0. The molecule has 0 aromatic heterocycles. The summed E-state index contributed by atoms with van der Waals surface area (Å²) in [5.74, 6) is 2.55. The summed E-state index contributed by atoms with van der Waals surface area (Å²) in [4.78, 5) is 0.165. The lowest BCUT2D eigenvalue weighted by Crippen LogP contribution is -2.35. The number of rotatable bonds is 3. The van der Waals surface area contributed by atoms with Crippen molar-refractivity contribution in [3.63, 3.8) is 0 Å². The van der Waals surface area contributed by atoms with E-state index in [2.05, 4.69) is 5.92 Å². The first-order chi connectivity index (χ1) is 8.97. The molecule has 0 unspecified atom stereocenters. The van der Waals surface area contributed by atoms with E-state index in [4.69, 9.17) is 10.6 Å². The molecule has 1 aromatic carbocycles. The SMILES string of the molecule is C#CC1(OS(=O)(=O)c2ccc(C)cc2)CCCCC1. The van der Waals surface area contributed by atoms with E-state index in [1.807, 2.05) is 6.92 Å². The summed E-state index contributed by atoms with van der Waals surface area (Å²) in [6.07, 6.45) is 9.62. The van der Waals surface area contributed by atoms with Crippen LogP contribution in [0.2, 0.25) is 0 Å². The maximum atomic E-state index is 12.3. The van der Waals surface area contributed by atoms with Gasteiger partial charge in [0.15, 0.2) is 0 Å². The lowest BCUT2D eigenvalue weighted by molar-refractivity contribution is 0.0946. The maximum Gasteiger partial charge on any atom is 0.298 e. The summed E-state index contributed by atoms with van der Waals surface area (Å²) >= 11 is 0. The van der Waals surface area contributed by atoms with Gasteiger partial charge in [-0.05, 0) is 44.7 Å². The van der Waals surface area contributed by atoms with Gasteiger partial charge in [-0.2, -0.15) is 8.42 Å². The second-order valence-corrected chi connectivity index (χ2v) is 6.60. The van der Waals surface area contributed by atoms with E-state index in [0.717, 1.165) is 24.8 Å². The van der Waals surface area contributed by atoms with Crippen molar-refractivity contribution in [3.8, 4) is 12.3 Å². The molecular weight excluding hydrogens is 260 g/mol. The smallest absolute Gasteiger partial charge is 0.247 e. The summed E-state index contributed by atoms with van der Waals surface area (Å²) < 4.78 is 29.9. The van der Waals surface area contributed by atoms with Crippen molar-refractivity contribution in [1.29, 1.82) is 0 Å². The van der Waals surface area contributed by atoms with E-state index in [1.165, 1.54) is 0 Å². The van der Waals surface area contributed by atoms with Gasteiger partial charge in [0.25, 0.3) is 10.1 Å². The lowest BCUT2D eigenvalue weighted by atomic mass is 9.86. The van der Waals surface area contributed by atoms with Crippen LogP contribution < -0.4 is 0 Å². The third kappa shape index (κ3) is 3.17. The Balaban J connectivity index is 2.25. The largest absolute Gasteiger partial charge is 0.298 e. The molecule has 0 saturated heterocycles. The zero-order valence-electron chi connectivity index (χ0n) is 11.1. The highest BCUT2D eigenvalue weighted by molar-refractivity contribution is 7.86. The highest BCUT2D eigenvalue weighted by atomic mass is 32.2. The van der Waals surface area contributed by atoms with Crippen LogP contribution in [0.1, 0.15) is 37.7 Å². The van der Waals surface area contributed by atoms with E-state index in [-0.39, 0.29) is 4.90 Å². The van der Waals surface area contributed by atoms with Crippen molar-refractivity contribution in [2.45, 2.75) is 49.5 Å². The molecule has 0 amide bonds. The van der Waals surface area contributed by atoms with Gasteiger partial charge in [-0.3, -0.25) is 0 Å². The third-order valence-corrected chi connectivity index (χ3v) is 4.89. The van der Waals surface area contributed by atoms with Crippen molar-refractivity contribution in [2.75, 3.05) is 0 Å². The van der Waals surface area contributed by atoms with Gasteiger partial charge in [0.1, 0.15) is 5.60 Å². The zero-order chi connectivity index (χ0) is 13.9. The number of aryl methyl sites for hydroxylation is 1. The molecule has 3 nitrogen and oxygen atoms in total. The first-order valence-corrected chi connectivity index (χ1v) is 7.88. The average molecular weight is 278 g/mol. The Bertz CT molecular complexity index is 573. The molecule has 1 aliphatic carbocycles. The standard InChI is InChI=1S/C15H18O3S/c1-3-15(11-5-4-6-12-15)18-19(16,17)14-9-7-13(2)8-10-14/h1,7-10H,4-6,11-12H2,2H3. The fourth-order valence-corrected chi connectivity index (χ4v) is 3.54. The summed E-state index contributed by atoms with van der Waals surface area (Å²) in [6, 6.07) is 6.61. The van der Waals surface area contributed by atoms with E-state index >= 15 is 0 Å². The monoisotopic (exact) mass is 278 g/mol. The minimum absolute atomic E-state index is 0.165. The Hall–Kier alpha value is -1.31. The second kappa shape index (κ2) is 5.36. The average Bonchev–Trinajstić information content (AvgIpc) is 2.40. The molecule has 0 aliphatic heterocycles. The van der Waals surface area contributed by atoms with Crippen LogP contribution in [0.15, 0.2) is 29.2 Å². The minimum Gasteiger partial charge on any atom is -0.247 e. The summed E-state index contributed by atoms with van der Waals surface area (Å²) in [5.41, 5.74) is 0.0467. The first kappa shape index (κ1) is 14.1. The summed E-state index contributed by atoms with van der Waals surface area (Å²) in [6.45, 7) is 1.90. The van der Waals surface area contributed by atoms with Gasteiger partial charge in [0.05, 0.1) is 4.90 Å². The van der Waals surface area contributed by atoms with Crippen LogP contribution in [0.3, 0.4) is 0 Å². The molecule has 0 bridgehead atoms. The van der Waals surface area contributed by atoms with Gasteiger partial charge < -0.3 is 0 Å². The predicted molar refractivity (Wildman–Crippen MR) is 74.1 cm³/mol. The maximum absolute atomic E-state index is 12.3. The Morgan fingerprint density at radius 3 is 2.26 bits per heavy atom. The molecule has 0 atom stereocenters. The fourth-order valence-electron chi connectivity index (χ4n) is 2.34. The van der Waals surface area contributed by atoms with Crippen LogP contribution in [0.5, 0.6) is 0 Å². The second-order valence-electron chi connectivity index (χ2n) is 5.05. The van der Waals surface area contributed by atoms with Crippen LogP contribution in [0.25, 0.3) is 0 Å². The Morgan fingerprint density at radius 1 is 1.16 bits per heavy atom. The van der Waals surface area contributed by atoms with Crippen LogP contribution in [0.4, 0.5) is 0 Å². The molecule has 1 aliphatic rings. The van der Waals surface area contributed by atoms with Crippen molar-refractivity contribution in [1.82, 2.24) is 0 Å². The van der Waals surface area contributed by atoms with E-state index in [9.17, 15) is 8.42 Å². The molecule has 0 heterocycles. The zero-order valence-corrected chi connectivity index (χ0v) is 11.9.